The fourth-order valence-corrected chi connectivity index (χ4v) is 4.03. The number of rotatable bonds is 9. The van der Waals surface area contributed by atoms with E-state index in [1.807, 2.05) is 31.4 Å². The Kier molecular flexibility index (Phi) is 8.15. The quantitative estimate of drug-likeness (QED) is 0.588. The Morgan fingerprint density at radius 1 is 1.13 bits per heavy atom. The molecule has 9 heteroatoms. The van der Waals surface area contributed by atoms with Gasteiger partial charge in [-0.25, -0.2) is 9.97 Å². The Labute approximate surface area is 181 Å². The van der Waals surface area contributed by atoms with Crippen LogP contribution in [-0.4, -0.2) is 72.0 Å². The van der Waals surface area contributed by atoms with E-state index >= 15 is 0 Å². The summed E-state index contributed by atoms with van der Waals surface area (Å²) in [4.78, 5) is 38.7. The van der Waals surface area contributed by atoms with E-state index in [0.717, 1.165) is 45.1 Å². The van der Waals surface area contributed by atoms with Crippen molar-refractivity contribution in [3.05, 3.63) is 40.8 Å². The lowest BCUT2D eigenvalue weighted by Crippen LogP contribution is -2.50. The zero-order valence-corrected chi connectivity index (χ0v) is 18.4. The van der Waals surface area contributed by atoms with Gasteiger partial charge in [-0.15, -0.1) is 11.3 Å². The van der Waals surface area contributed by atoms with E-state index in [1.54, 1.807) is 18.5 Å². The highest BCUT2D eigenvalue weighted by Gasteiger charge is 2.25. The van der Waals surface area contributed by atoms with Gasteiger partial charge >= 0.3 is 0 Å². The molecule has 1 aliphatic heterocycles. The van der Waals surface area contributed by atoms with E-state index in [4.69, 9.17) is 0 Å². The number of carbonyl (C=O) groups excluding carboxylic acids is 2. The van der Waals surface area contributed by atoms with Crippen LogP contribution < -0.4 is 15.5 Å². The molecule has 8 nitrogen and oxygen atoms in total. The number of piperazine rings is 1. The summed E-state index contributed by atoms with van der Waals surface area (Å²) in [6.07, 6.45) is 4.41. The zero-order valence-electron chi connectivity index (χ0n) is 17.6. The molecule has 1 unspecified atom stereocenters. The van der Waals surface area contributed by atoms with Gasteiger partial charge in [0.25, 0.3) is 5.91 Å². The van der Waals surface area contributed by atoms with Gasteiger partial charge in [0.2, 0.25) is 11.9 Å². The fraction of sp³-hybridized carbons (Fsp3) is 0.524. The number of carbonyl (C=O) groups is 2. The predicted molar refractivity (Wildman–Crippen MR) is 119 cm³/mol. The summed E-state index contributed by atoms with van der Waals surface area (Å²) in [5.74, 6) is 0.482. The van der Waals surface area contributed by atoms with Crippen LogP contribution in [0.4, 0.5) is 5.95 Å². The third-order valence-corrected chi connectivity index (χ3v) is 6.01. The van der Waals surface area contributed by atoms with Crippen LogP contribution in [-0.2, 0) is 4.79 Å². The van der Waals surface area contributed by atoms with Gasteiger partial charge in [-0.2, -0.15) is 0 Å². The van der Waals surface area contributed by atoms with Crippen LogP contribution in [0.3, 0.4) is 0 Å². The van der Waals surface area contributed by atoms with E-state index in [9.17, 15) is 9.59 Å². The van der Waals surface area contributed by atoms with E-state index < -0.39 is 6.04 Å². The van der Waals surface area contributed by atoms with E-state index in [-0.39, 0.29) is 17.7 Å². The van der Waals surface area contributed by atoms with E-state index in [2.05, 4.69) is 30.4 Å². The van der Waals surface area contributed by atoms with Crippen LogP contribution in [0.25, 0.3) is 0 Å². The molecule has 0 spiro atoms. The van der Waals surface area contributed by atoms with Crippen molar-refractivity contribution in [2.24, 2.45) is 5.92 Å². The molecule has 1 saturated heterocycles. The summed E-state index contributed by atoms with van der Waals surface area (Å²) in [5.41, 5.74) is 0. The van der Waals surface area contributed by atoms with Crippen molar-refractivity contribution < 1.29 is 9.59 Å². The van der Waals surface area contributed by atoms with Gasteiger partial charge < -0.3 is 15.5 Å². The van der Waals surface area contributed by atoms with Crippen LogP contribution in [0.15, 0.2) is 36.0 Å². The first-order valence-corrected chi connectivity index (χ1v) is 11.3. The van der Waals surface area contributed by atoms with E-state index in [0.29, 0.717) is 11.4 Å². The van der Waals surface area contributed by atoms with Gasteiger partial charge in [-0.3, -0.25) is 14.5 Å². The van der Waals surface area contributed by atoms with Crippen LogP contribution in [0.1, 0.15) is 29.9 Å². The topological polar surface area (TPSA) is 90.5 Å². The largest absolute Gasteiger partial charge is 0.354 e. The highest BCUT2D eigenvalue weighted by atomic mass is 32.1. The van der Waals surface area contributed by atoms with Crippen LogP contribution in [0, 0.1) is 5.92 Å². The molecule has 3 rings (SSSR count). The zero-order chi connectivity index (χ0) is 21.3. The van der Waals surface area contributed by atoms with E-state index in [1.165, 1.54) is 11.3 Å². The first kappa shape index (κ1) is 22.2. The number of anilines is 1. The molecule has 2 amide bonds. The molecule has 1 atom stereocenters. The first-order chi connectivity index (χ1) is 14.5. The van der Waals surface area contributed by atoms with Crippen molar-refractivity contribution in [1.82, 2.24) is 25.5 Å². The molecule has 0 radical (unpaired) electrons. The Hall–Kier alpha value is -2.52. The summed E-state index contributed by atoms with van der Waals surface area (Å²) < 4.78 is 0. The monoisotopic (exact) mass is 430 g/mol. The number of hydrogen-bond acceptors (Lipinski definition) is 7. The van der Waals surface area contributed by atoms with Crippen LogP contribution >= 0.6 is 11.3 Å². The second-order valence-corrected chi connectivity index (χ2v) is 8.64. The molecule has 1 fully saturated rings. The number of amides is 2. The van der Waals surface area contributed by atoms with Crippen molar-refractivity contribution in [3.8, 4) is 0 Å². The first-order valence-electron chi connectivity index (χ1n) is 10.4. The highest BCUT2D eigenvalue weighted by Crippen LogP contribution is 2.11. The molecule has 162 valence electrons. The van der Waals surface area contributed by atoms with Crippen LogP contribution in [0.5, 0.6) is 0 Å². The Morgan fingerprint density at radius 2 is 1.87 bits per heavy atom. The summed E-state index contributed by atoms with van der Waals surface area (Å²) in [7, 11) is 0. The van der Waals surface area contributed by atoms with Gasteiger partial charge in [0.15, 0.2) is 0 Å². The van der Waals surface area contributed by atoms with Crippen LogP contribution in [0.2, 0.25) is 0 Å². The maximum Gasteiger partial charge on any atom is 0.262 e. The van der Waals surface area contributed by atoms with Gasteiger partial charge in [-0.05, 0) is 36.4 Å². The molecule has 0 aromatic carbocycles. The maximum atomic E-state index is 12.6. The molecular formula is C21H30N6O2S. The number of thiophene rings is 1. The van der Waals surface area contributed by atoms with Gasteiger partial charge in [0.1, 0.15) is 6.04 Å². The number of aromatic nitrogens is 2. The average Bonchev–Trinajstić information content (AvgIpc) is 3.31. The molecule has 0 saturated carbocycles. The third kappa shape index (κ3) is 6.24. The second-order valence-electron chi connectivity index (χ2n) is 7.69. The molecule has 30 heavy (non-hydrogen) atoms. The smallest absolute Gasteiger partial charge is 0.262 e. The molecule has 3 heterocycles. The number of nitrogens with one attached hydrogen (secondary N) is 2. The van der Waals surface area contributed by atoms with Gasteiger partial charge in [0, 0.05) is 45.1 Å². The molecular weight excluding hydrogens is 400 g/mol. The lowest BCUT2D eigenvalue weighted by molar-refractivity contribution is -0.123. The van der Waals surface area contributed by atoms with Crippen molar-refractivity contribution in [2.75, 3.05) is 44.2 Å². The predicted octanol–water partition coefficient (Wildman–Crippen LogP) is 1.62. The molecule has 0 bridgehead atoms. The van der Waals surface area contributed by atoms with Crippen molar-refractivity contribution in [1.29, 1.82) is 0 Å². The Morgan fingerprint density at radius 3 is 2.50 bits per heavy atom. The summed E-state index contributed by atoms with van der Waals surface area (Å²) in [6.45, 7) is 9.12. The minimum atomic E-state index is -0.533. The minimum Gasteiger partial charge on any atom is -0.354 e. The standard InChI is InChI=1S/C21H30N6O2S/c1-16(2)18(25-19(28)17-6-3-15-30-17)20(29)22-9-5-10-26-11-13-27(14-12-26)21-23-7-4-8-24-21/h3-4,6-8,15-16,18H,5,9-14H2,1-2H3,(H,22,29)(H,25,28). The van der Waals surface area contributed by atoms with Gasteiger partial charge in [-0.1, -0.05) is 19.9 Å². The Bertz CT molecular complexity index is 791. The SMILES string of the molecule is CC(C)C(NC(=O)c1cccs1)C(=O)NCCCN1CCN(c2ncccn2)CC1. The normalized spacial score (nSPS) is 15.8. The average molecular weight is 431 g/mol. The van der Waals surface area contributed by atoms with Gasteiger partial charge in [0.05, 0.1) is 4.88 Å². The number of nitrogens with zero attached hydrogens (tertiary/aromatic N) is 4. The van der Waals surface area contributed by atoms with Crippen molar-refractivity contribution in [2.45, 2.75) is 26.3 Å². The summed E-state index contributed by atoms with van der Waals surface area (Å²) >= 11 is 1.37. The summed E-state index contributed by atoms with van der Waals surface area (Å²) in [6, 6.07) is 4.88. The summed E-state index contributed by atoms with van der Waals surface area (Å²) in [5, 5.41) is 7.70. The molecule has 2 aromatic rings. The molecule has 2 N–H and O–H groups in total. The highest BCUT2D eigenvalue weighted by molar-refractivity contribution is 7.12. The second kappa shape index (κ2) is 11.0. The lowest BCUT2D eigenvalue weighted by atomic mass is 10.0. The van der Waals surface area contributed by atoms with Crippen molar-refractivity contribution in [3.63, 3.8) is 0 Å². The molecule has 1 aliphatic rings. The van der Waals surface area contributed by atoms with Crippen molar-refractivity contribution >= 4 is 29.1 Å². The minimum absolute atomic E-state index is 0.0159. The fourth-order valence-electron chi connectivity index (χ4n) is 3.41. The Balaban J connectivity index is 1.36. The third-order valence-electron chi connectivity index (χ3n) is 5.14. The number of hydrogen-bond donors (Lipinski definition) is 2. The maximum absolute atomic E-state index is 12.6. The molecule has 2 aromatic heterocycles. The molecule has 0 aliphatic carbocycles. The lowest BCUT2D eigenvalue weighted by Gasteiger charge is -2.34.